The normalized spacial score (nSPS) is 13.3. The van der Waals surface area contributed by atoms with E-state index < -0.39 is 12.0 Å². The van der Waals surface area contributed by atoms with E-state index in [0.29, 0.717) is 21.4 Å². The molecule has 3 amide bonds. The van der Waals surface area contributed by atoms with E-state index in [1.807, 2.05) is 18.2 Å². The van der Waals surface area contributed by atoms with Crippen molar-refractivity contribution in [2.24, 2.45) is 0 Å². The predicted octanol–water partition coefficient (Wildman–Crippen LogP) is 5.66. The number of nitrogens with one attached hydrogen (secondary N) is 2. The highest BCUT2D eigenvalue weighted by molar-refractivity contribution is 7.99. The molecule has 6 nitrogen and oxygen atoms in total. The van der Waals surface area contributed by atoms with Crippen LogP contribution >= 0.6 is 23.1 Å². The number of anilines is 1. The van der Waals surface area contributed by atoms with E-state index in [-0.39, 0.29) is 12.5 Å². The molecule has 1 aromatic heterocycles. The first-order valence-electron chi connectivity index (χ1n) is 10.6. The van der Waals surface area contributed by atoms with Crippen molar-refractivity contribution in [3.8, 4) is 0 Å². The van der Waals surface area contributed by atoms with Crippen molar-refractivity contribution in [3.63, 3.8) is 0 Å². The number of hydrogen-bond donors (Lipinski definition) is 2. The highest BCUT2D eigenvalue weighted by Crippen LogP contribution is 2.38. The minimum absolute atomic E-state index is 0.176. The van der Waals surface area contributed by atoms with Gasteiger partial charge < -0.3 is 10.1 Å². The lowest BCUT2D eigenvalue weighted by atomic mass is 10.0. The molecule has 1 heterocycles. The molecule has 2 N–H and O–H groups in total. The summed E-state index contributed by atoms with van der Waals surface area (Å²) >= 11 is 3.12. The number of hydrogen-bond acceptors (Lipinski definition) is 6. The molecule has 0 saturated carbocycles. The topological polar surface area (TPSA) is 84.5 Å². The zero-order chi connectivity index (χ0) is 22.4. The number of aryl methyl sites for hydroxylation is 1. The molecule has 31 heavy (non-hydrogen) atoms. The summed E-state index contributed by atoms with van der Waals surface area (Å²) in [5.41, 5.74) is 1.85. The van der Waals surface area contributed by atoms with Gasteiger partial charge in [-0.25, -0.2) is 4.79 Å². The average Bonchev–Trinajstić information content (AvgIpc) is 2.88. The highest BCUT2D eigenvalue weighted by atomic mass is 32.2. The van der Waals surface area contributed by atoms with Crippen molar-refractivity contribution in [1.82, 2.24) is 5.32 Å². The van der Waals surface area contributed by atoms with Crippen LogP contribution in [0.25, 0.3) is 0 Å². The molecule has 0 unspecified atom stereocenters. The molecule has 1 aliphatic rings. The summed E-state index contributed by atoms with van der Waals surface area (Å²) in [4.78, 5) is 39.9. The van der Waals surface area contributed by atoms with Gasteiger partial charge in [-0.1, -0.05) is 26.3 Å². The van der Waals surface area contributed by atoms with Crippen LogP contribution in [0.15, 0.2) is 29.2 Å². The number of alkyl carbamates (subject to hydrolysis) is 1. The zero-order valence-corrected chi connectivity index (χ0v) is 19.7. The minimum Gasteiger partial charge on any atom is -0.450 e. The standard InChI is InChI=1S/C23H28N2O4S2/c1-4-29-23(28)25-21(27)19-17-11-6-5-7-12-18(17)31-22(19)24-20(26)15-9-8-10-16(13-15)30-14(2)3/h8-10,13-14H,4-7,11-12H2,1-3H3,(H,24,26)(H,25,27,28). The lowest BCUT2D eigenvalue weighted by Crippen LogP contribution is -2.32. The van der Waals surface area contributed by atoms with Crippen LogP contribution in [0.3, 0.4) is 0 Å². The summed E-state index contributed by atoms with van der Waals surface area (Å²) in [5.74, 6) is -0.801. The minimum atomic E-state index is -0.781. The third kappa shape index (κ3) is 6.11. The number of carbonyl (C=O) groups is 3. The van der Waals surface area contributed by atoms with Crippen LogP contribution in [0.5, 0.6) is 0 Å². The molecule has 0 bridgehead atoms. The Morgan fingerprint density at radius 1 is 1.13 bits per heavy atom. The Morgan fingerprint density at radius 3 is 2.65 bits per heavy atom. The number of imide groups is 1. The maximum Gasteiger partial charge on any atom is 0.414 e. The molecule has 1 aromatic carbocycles. The average molecular weight is 461 g/mol. The number of ether oxygens (including phenoxy) is 1. The van der Waals surface area contributed by atoms with Crippen molar-refractivity contribution in [2.75, 3.05) is 11.9 Å². The number of thiophene rings is 1. The summed E-state index contributed by atoms with van der Waals surface area (Å²) in [5, 5.41) is 6.11. The number of carbonyl (C=O) groups excluding carboxylic acids is 3. The molecule has 166 valence electrons. The highest BCUT2D eigenvalue weighted by Gasteiger charge is 2.27. The fourth-order valence-corrected chi connectivity index (χ4v) is 5.73. The van der Waals surface area contributed by atoms with Crippen LogP contribution in [0.2, 0.25) is 0 Å². The van der Waals surface area contributed by atoms with Gasteiger partial charge in [-0.05, 0) is 56.4 Å². The van der Waals surface area contributed by atoms with E-state index in [1.54, 1.807) is 24.8 Å². The SMILES string of the molecule is CCOC(=O)NC(=O)c1c(NC(=O)c2cccc(SC(C)C)c2)sc2c1CCCCC2. The van der Waals surface area contributed by atoms with Crippen LogP contribution in [-0.2, 0) is 17.6 Å². The number of rotatable bonds is 6. The molecule has 0 fully saturated rings. The molecule has 0 saturated heterocycles. The fraction of sp³-hybridized carbons (Fsp3) is 0.435. The summed E-state index contributed by atoms with van der Waals surface area (Å²) in [6.45, 7) is 6.06. The van der Waals surface area contributed by atoms with Gasteiger partial charge in [0.25, 0.3) is 11.8 Å². The van der Waals surface area contributed by atoms with Gasteiger partial charge in [-0.2, -0.15) is 0 Å². The van der Waals surface area contributed by atoms with Crippen molar-refractivity contribution in [3.05, 3.63) is 45.8 Å². The Hall–Kier alpha value is -2.32. The summed E-state index contributed by atoms with van der Waals surface area (Å²) in [6, 6.07) is 7.46. The molecule has 0 radical (unpaired) electrons. The van der Waals surface area contributed by atoms with Gasteiger partial charge in [0.1, 0.15) is 5.00 Å². The Labute approximate surface area is 191 Å². The molecular formula is C23H28N2O4S2. The molecule has 2 aromatic rings. The number of benzene rings is 1. The molecule has 8 heteroatoms. The van der Waals surface area contributed by atoms with Gasteiger partial charge in [-0.3, -0.25) is 14.9 Å². The van der Waals surface area contributed by atoms with E-state index >= 15 is 0 Å². The first-order valence-corrected chi connectivity index (χ1v) is 12.3. The fourth-order valence-electron chi connectivity index (χ4n) is 3.55. The number of thioether (sulfide) groups is 1. The molecular weight excluding hydrogens is 432 g/mol. The largest absolute Gasteiger partial charge is 0.450 e. The van der Waals surface area contributed by atoms with E-state index in [0.717, 1.165) is 47.4 Å². The van der Waals surface area contributed by atoms with Crippen molar-refractivity contribution in [1.29, 1.82) is 0 Å². The van der Waals surface area contributed by atoms with Crippen LogP contribution in [-0.4, -0.2) is 29.8 Å². The quantitative estimate of drug-likeness (QED) is 0.429. The second kappa shape index (κ2) is 10.8. The van der Waals surface area contributed by atoms with E-state index in [9.17, 15) is 14.4 Å². The van der Waals surface area contributed by atoms with Gasteiger partial charge in [-0.15, -0.1) is 23.1 Å². The second-order valence-electron chi connectivity index (χ2n) is 7.59. The van der Waals surface area contributed by atoms with Crippen LogP contribution in [0.4, 0.5) is 9.80 Å². The van der Waals surface area contributed by atoms with Gasteiger partial charge in [0.15, 0.2) is 0 Å². The lowest BCUT2D eigenvalue weighted by molar-refractivity contribution is 0.0925. The third-order valence-electron chi connectivity index (χ3n) is 4.83. The van der Waals surface area contributed by atoms with Crippen LogP contribution in [0.1, 0.15) is 71.2 Å². The maximum absolute atomic E-state index is 13.0. The zero-order valence-electron chi connectivity index (χ0n) is 18.1. The summed E-state index contributed by atoms with van der Waals surface area (Å²) in [7, 11) is 0. The Bertz CT molecular complexity index is 968. The smallest absolute Gasteiger partial charge is 0.414 e. The Kier molecular flexibility index (Phi) is 8.15. The van der Waals surface area contributed by atoms with Gasteiger partial charge in [0.05, 0.1) is 12.2 Å². The second-order valence-corrected chi connectivity index (χ2v) is 10.3. The Morgan fingerprint density at radius 2 is 1.90 bits per heavy atom. The van der Waals surface area contributed by atoms with Crippen LogP contribution < -0.4 is 10.6 Å². The third-order valence-corrected chi connectivity index (χ3v) is 7.04. The van der Waals surface area contributed by atoms with Gasteiger partial charge >= 0.3 is 6.09 Å². The molecule has 1 aliphatic carbocycles. The van der Waals surface area contributed by atoms with Gasteiger partial charge in [0, 0.05) is 20.6 Å². The summed E-state index contributed by atoms with van der Waals surface area (Å²) < 4.78 is 4.86. The molecule has 3 rings (SSSR count). The van der Waals surface area contributed by atoms with Crippen molar-refractivity contribution < 1.29 is 19.1 Å². The first kappa shape index (κ1) is 23.3. The molecule has 0 atom stereocenters. The maximum atomic E-state index is 13.0. The van der Waals surface area contributed by atoms with E-state index in [4.69, 9.17) is 4.74 Å². The number of fused-ring (bicyclic) bond motifs is 1. The van der Waals surface area contributed by atoms with Crippen molar-refractivity contribution in [2.45, 2.75) is 63.0 Å². The first-order chi connectivity index (χ1) is 14.9. The van der Waals surface area contributed by atoms with Gasteiger partial charge in [0.2, 0.25) is 0 Å². The number of amides is 3. The molecule has 0 aliphatic heterocycles. The summed E-state index contributed by atoms with van der Waals surface area (Å²) in [6.07, 6.45) is 3.97. The lowest BCUT2D eigenvalue weighted by Gasteiger charge is -2.10. The van der Waals surface area contributed by atoms with E-state index in [1.165, 1.54) is 11.3 Å². The van der Waals surface area contributed by atoms with E-state index in [2.05, 4.69) is 24.5 Å². The van der Waals surface area contributed by atoms with Crippen molar-refractivity contribution >= 4 is 46.0 Å². The predicted molar refractivity (Wildman–Crippen MR) is 125 cm³/mol. The Balaban J connectivity index is 1.89. The monoisotopic (exact) mass is 460 g/mol. The molecule has 0 spiro atoms. The van der Waals surface area contributed by atoms with Crippen LogP contribution in [0, 0.1) is 0 Å².